The molecule has 0 spiro atoms. The number of H-pyrrole nitrogens is 1. The molecule has 5 nitrogen and oxygen atoms in total. The molecule has 2 aromatic heterocycles. The van der Waals surface area contributed by atoms with E-state index in [-0.39, 0.29) is 18.1 Å². The zero-order valence-corrected chi connectivity index (χ0v) is 15.8. The Morgan fingerprint density at radius 1 is 1.30 bits per heavy atom. The molecule has 0 radical (unpaired) electrons. The third kappa shape index (κ3) is 3.76. The standard InChI is InChI=1S/C20H19ClFN3O2/c1-11-7-15(22)16(23-9-11)10-27-13-5-6-14(17(8-13)26-2)18-19(21)25-20(24-18)12-3-4-12/h5-9,12H,3-4,10H2,1-2H3,(H,24,25). The van der Waals surface area contributed by atoms with Gasteiger partial charge in [0.05, 0.1) is 7.11 Å². The highest BCUT2D eigenvalue weighted by Crippen LogP contribution is 2.42. The summed E-state index contributed by atoms with van der Waals surface area (Å²) in [5.74, 6) is 2.14. The minimum atomic E-state index is -0.380. The van der Waals surface area contributed by atoms with Gasteiger partial charge >= 0.3 is 0 Å². The van der Waals surface area contributed by atoms with E-state index >= 15 is 0 Å². The predicted molar refractivity (Wildman–Crippen MR) is 101 cm³/mol. The van der Waals surface area contributed by atoms with E-state index in [1.165, 1.54) is 6.07 Å². The van der Waals surface area contributed by atoms with Crippen molar-refractivity contribution in [2.75, 3.05) is 7.11 Å². The molecule has 1 fully saturated rings. The fourth-order valence-corrected chi connectivity index (χ4v) is 3.12. The number of rotatable bonds is 6. The van der Waals surface area contributed by atoms with E-state index in [0.717, 1.165) is 29.8 Å². The molecular weight excluding hydrogens is 369 g/mol. The highest BCUT2D eigenvalue weighted by Gasteiger charge is 2.28. The summed E-state index contributed by atoms with van der Waals surface area (Å²) in [6.45, 7) is 1.82. The Kier molecular flexibility index (Phi) is 4.74. The van der Waals surface area contributed by atoms with Gasteiger partial charge in [0, 0.05) is 23.7 Å². The van der Waals surface area contributed by atoms with Crippen LogP contribution in [0.3, 0.4) is 0 Å². The number of nitrogens with zero attached hydrogens (tertiary/aromatic N) is 2. The summed E-state index contributed by atoms with van der Waals surface area (Å²) in [5.41, 5.74) is 2.46. The lowest BCUT2D eigenvalue weighted by Crippen LogP contribution is -2.02. The summed E-state index contributed by atoms with van der Waals surface area (Å²) < 4.78 is 25.1. The van der Waals surface area contributed by atoms with Crippen molar-refractivity contribution in [1.82, 2.24) is 15.0 Å². The molecule has 1 aliphatic rings. The van der Waals surface area contributed by atoms with E-state index in [0.29, 0.717) is 28.3 Å². The molecule has 1 saturated carbocycles. The van der Waals surface area contributed by atoms with Crippen LogP contribution in [0.2, 0.25) is 5.15 Å². The first kappa shape index (κ1) is 17.8. The fraction of sp³-hybridized carbons (Fsp3) is 0.300. The van der Waals surface area contributed by atoms with Crippen molar-refractivity contribution in [3.8, 4) is 22.8 Å². The van der Waals surface area contributed by atoms with Crippen molar-refractivity contribution >= 4 is 11.6 Å². The molecule has 1 aromatic carbocycles. The van der Waals surface area contributed by atoms with Crippen LogP contribution in [-0.2, 0) is 6.61 Å². The molecule has 0 amide bonds. The van der Waals surface area contributed by atoms with Gasteiger partial charge in [0.25, 0.3) is 0 Å². The van der Waals surface area contributed by atoms with Gasteiger partial charge < -0.3 is 14.5 Å². The van der Waals surface area contributed by atoms with Crippen LogP contribution < -0.4 is 9.47 Å². The molecule has 1 N–H and O–H groups in total. The summed E-state index contributed by atoms with van der Waals surface area (Å²) in [6, 6.07) is 6.80. The van der Waals surface area contributed by atoms with Crippen LogP contribution >= 0.6 is 11.6 Å². The van der Waals surface area contributed by atoms with Crippen molar-refractivity contribution in [3.05, 3.63) is 58.5 Å². The maximum atomic E-state index is 13.9. The Morgan fingerprint density at radius 2 is 2.11 bits per heavy atom. The number of nitrogens with one attached hydrogen (secondary N) is 1. The van der Waals surface area contributed by atoms with Gasteiger partial charge in [-0.25, -0.2) is 9.37 Å². The van der Waals surface area contributed by atoms with Crippen LogP contribution in [0.5, 0.6) is 11.5 Å². The molecule has 3 aromatic rings. The van der Waals surface area contributed by atoms with E-state index in [2.05, 4.69) is 15.0 Å². The first-order valence-corrected chi connectivity index (χ1v) is 9.10. The summed E-state index contributed by atoms with van der Waals surface area (Å²) in [4.78, 5) is 11.8. The van der Waals surface area contributed by atoms with E-state index in [9.17, 15) is 4.39 Å². The molecule has 27 heavy (non-hydrogen) atoms. The SMILES string of the molecule is COc1cc(OCc2ncc(C)cc2F)ccc1-c1nc(C2CC2)[nH]c1Cl. The molecule has 0 saturated heterocycles. The van der Waals surface area contributed by atoms with Gasteiger partial charge in [0.15, 0.2) is 0 Å². The number of ether oxygens (including phenoxy) is 2. The smallest absolute Gasteiger partial charge is 0.148 e. The fourth-order valence-electron chi connectivity index (χ4n) is 2.87. The quantitative estimate of drug-likeness (QED) is 0.643. The van der Waals surface area contributed by atoms with Crippen molar-refractivity contribution in [2.24, 2.45) is 0 Å². The van der Waals surface area contributed by atoms with Gasteiger partial charge in [0.1, 0.15) is 46.3 Å². The molecule has 0 bridgehead atoms. The molecule has 1 aliphatic carbocycles. The number of aromatic amines is 1. The van der Waals surface area contributed by atoms with E-state index in [1.807, 2.05) is 6.07 Å². The van der Waals surface area contributed by atoms with Crippen LogP contribution in [0.25, 0.3) is 11.3 Å². The first-order valence-electron chi connectivity index (χ1n) is 8.72. The van der Waals surface area contributed by atoms with Crippen molar-refractivity contribution in [3.63, 3.8) is 0 Å². The lowest BCUT2D eigenvalue weighted by atomic mass is 10.1. The molecule has 7 heteroatoms. The largest absolute Gasteiger partial charge is 0.496 e. The molecule has 0 atom stereocenters. The third-order valence-corrected chi connectivity index (χ3v) is 4.77. The molecule has 4 rings (SSSR count). The molecule has 140 valence electrons. The monoisotopic (exact) mass is 387 g/mol. The number of hydrogen-bond acceptors (Lipinski definition) is 4. The molecule has 0 aliphatic heterocycles. The number of halogens is 2. The van der Waals surface area contributed by atoms with Crippen LogP contribution in [0, 0.1) is 12.7 Å². The lowest BCUT2D eigenvalue weighted by molar-refractivity contribution is 0.292. The number of pyridine rings is 1. The van der Waals surface area contributed by atoms with Gasteiger partial charge in [-0.1, -0.05) is 11.6 Å². The highest BCUT2D eigenvalue weighted by atomic mass is 35.5. The average Bonchev–Trinajstić information content (AvgIpc) is 3.43. The average molecular weight is 388 g/mol. The van der Waals surface area contributed by atoms with Crippen LogP contribution in [0.15, 0.2) is 30.5 Å². The van der Waals surface area contributed by atoms with Gasteiger partial charge in [-0.05, 0) is 43.5 Å². The number of hydrogen-bond donors (Lipinski definition) is 1. The van der Waals surface area contributed by atoms with Crippen LogP contribution in [0.1, 0.15) is 35.8 Å². The second kappa shape index (κ2) is 7.19. The Bertz CT molecular complexity index is 985. The van der Waals surface area contributed by atoms with Crippen molar-refractivity contribution in [1.29, 1.82) is 0 Å². The molecule has 2 heterocycles. The Hall–Kier alpha value is -2.60. The van der Waals surface area contributed by atoms with Crippen LogP contribution in [-0.4, -0.2) is 22.1 Å². The normalized spacial score (nSPS) is 13.6. The summed E-state index contributed by atoms with van der Waals surface area (Å²) in [7, 11) is 1.58. The van der Waals surface area contributed by atoms with Gasteiger partial charge in [0.2, 0.25) is 0 Å². The minimum Gasteiger partial charge on any atom is -0.496 e. The number of aromatic nitrogens is 3. The van der Waals surface area contributed by atoms with E-state index in [1.54, 1.807) is 32.4 Å². The zero-order chi connectivity index (χ0) is 19.0. The number of methoxy groups -OCH3 is 1. The lowest BCUT2D eigenvalue weighted by Gasteiger charge is -2.11. The van der Waals surface area contributed by atoms with Crippen LogP contribution in [0.4, 0.5) is 4.39 Å². The summed E-state index contributed by atoms with van der Waals surface area (Å²) in [6.07, 6.45) is 3.89. The first-order chi connectivity index (χ1) is 13.0. The predicted octanol–water partition coefficient (Wildman–Crippen LogP) is 5.04. The Morgan fingerprint density at radius 3 is 2.81 bits per heavy atom. The van der Waals surface area contributed by atoms with Gasteiger partial charge in [-0.15, -0.1) is 0 Å². The Balaban J connectivity index is 1.56. The number of aryl methyl sites for hydroxylation is 1. The summed E-state index contributed by atoms with van der Waals surface area (Å²) in [5, 5.41) is 0.495. The van der Waals surface area contributed by atoms with Gasteiger partial charge in [-0.3, -0.25) is 4.98 Å². The number of benzene rings is 1. The van der Waals surface area contributed by atoms with Crippen molar-refractivity contribution in [2.45, 2.75) is 32.3 Å². The Labute approximate surface area is 161 Å². The van der Waals surface area contributed by atoms with E-state index < -0.39 is 0 Å². The molecular formula is C20H19ClFN3O2. The van der Waals surface area contributed by atoms with E-state index in [4.69, 9.17) is 21.1 Å². The maximum absolute atomic E-state index is 13.9. The maximum Gasteiger partial charge on any atom is 0.148 e. The minimum absolute atomic E-state index is 0.0314. The number of imidazole rings is 1. The highest BCUT2D eigenvalue weighted by molar-refractivity contribution is 6.32. The molecule has 0 unspecified atom stereocenters. The van der Waals surface area contributed by atoms with Crippen molar-refractivity contribution < 1.29 is 13.9 Å². The topological polar surface area (TPSA) is 60.0 Å². The third-order valence-electron chi connectivity index (χ3n) is 4.50. The zero-order valence-electron chi connectivity index (χ0n) is 15.1. The second-order valence-electron chi connectivity index (χ2n) is 6.65. The summed E-state index contributed by atoms with van der Waals surface area (Å²) >= 11 is 6.34. The second-order valence-corrected chi connectivity index (χ2v) is 7.03. The van der Waals surface area contributed by atoms with Gasteiger partial charge in [-0.2, -0.15) is 0 Å².